The topological polar surface area (TPSA) is 42.2 Å². The first-order chi connectivity index (χ1) is 8.30. The van der Waals surface area contributed by atoms with E-state index in [0.29, 0.717) is 23.7 Å². The van der Waals surface area contributed by atoms with Gasteiger partial charge in [0.1, 0.15) is 11.5 Å². The molecule has 0 unspecified atom stereocenters. The Bertz CT molecular complexity index is 387. The number of unbranched alkanes of at least 4 members (excludes halogenated alkanes) is 2. The fourth-order valence-corrected chi connectivity index (χ4v) is 1.80. The van der Waals surface area contributed by atoms with Gasteiger partial charge < -0.3 is 9.47 Å². The minimum Gasteiger partial charge on any atom is -0.497 e. The van der Waals surface area contributed by atoms with E-state index in [1.807, 2.05) is 0 Å². The number of alkyl halides is 1. The van der Waals surface area contributed by atoms with Crippen molar-refractivity contribution >= 4 is 15.9 Å². The van der Waals surface area contributed by atoms with E-state index >= 15 is 0 Å². The first kappa shape index (κ1) is 13.9. The molecular weight excluding hydrogens is 282 g/mol. The molecule has 0 amide bonds. The summed E-state index contributed by atoms with van der Waals surface area (Å²) >= 11 is 3.39. The summed E-state index contributed by atoms with van der Waals surface area (Å²) in [6, 6.07) is 7.30. The molecule has 0 saturated heterocycles. The van der Waals surface area contributed by atoms with Crippen LogP contribution in [-0.4, -0.2) is 19.0 Å². The molecule has 3 nitrogen and oxygen atoms in total. The van der Waals surface area contributed by atoms with Gasteiger partial charge in [-0.2, -0.15) is 5.26 Å². The second kappa shape index (κ2) is 7.97. The number of halogens is 1. The van der Waals surface area contributed by atoms with Crippen LogP contribution in [0.25, 0.3) is 0 Å². The van der Waals surface area contributed by atoms with Gasteiger partial charge in [-0.1, -0.05) is 15.9 Å². The molecule has 92 valence electrons. The summed E-state index contributed by atoms with van der Waals surface area (Å²) in [6.07, 6.45) is 3.32. The van der Waals surface area contributed by atoms with Crippen LogP contribution in [0.2, 0.25) is 0 Å². The van der Waals surface area contributed by atoms with E-state index in [-0.39, 0.29) is 0 Å². The first-order valence-electron chi connectivity index (χ1n) is 5.58. The van der Waals surface area contributed by atoms with Crippen molar-refractivity contribution in [2.24, 2.45) is 0 Å². The summed E-state index contributed by atoms with van der Waals surface area (Å²) in [5.74, 6) is 1.35. The third kappa shape index (κ3) is 5.10. The Balaban J connectivity index is 2.50. The molecule has 0 aliphatic rings. The number of hydrogen-bond acceptors (Lipinski definition) is 3. The molecule has 1 rings (SSSR count). The molecule has 0 fully saturated rings. The molecule has 0 atom stereocenters. The van der Waals surface area contributed by atoms with Gasteiger partial charge in [-0.05, 0) is 31.4 Å². The molecule has 0 radical (unpaired) electrons. The number of rotatable bonds is 7. The van der Waals surface area contributed by atoms with Crippen molar-refractivity contribution in [3.05, 3.63) is 23.8 Å². The molecule has 0 bridgehead atoms. The average Bonchev–Trinajstić information content (AvgIpc) is 2.38. The summed E-state index contributed by atoms with van der Waals surface area (Å²) in [7, 11) is 1.58. The lowest BCUT2D eigenvalue weighted by Crippen LogP contribution is -1.98. The van der Waals surface area contributed by atoms with Crippen LogP contribution < -0.4 is 9.47 Å². The summed E-state index contributed by atoms with van der Waals surface area (Å²) in [5.41, 5.74) is 0.555. The van der Waals surface area contributed by atoms with Gasteiger partial charge in [0.2, 0.25) is 0 Å². The zero-order chi connectivity index (χ0) is 12.5. The molecule has 4 heteroatoms. The summed E-state index contributed by atoms with van der Waals surface area (Å²) in [5, 5.41) is 9.89. The zero-order valence-corrected chi connectivity index (χ0v) is 11.5. The minimum absolute atomic E-state index is 0.555. The number of nitrogens with zero attached hydrogens (tertiary/aromatic N) is 1. The first-order valence-corrected chi connectivity index (χ1v) is 6.70. The molecular formula is C13H16BrNO2. The lowest BCUT2D eigenvalue weighted by Gasteiger charge is -2.08. The molecule has 17 heavy (non-hydrogen) atoms. The predicted molar refractivity (Wildman–Crippen MR) is 70.8 cm³/mol. The van der Waals surface area contributed by atoms with Gasteiger partial charge in [-0.3, -0.25) is 0 Å². The molecule has 1 aromatic carbocycles. The normalized spacial score (nSPS) is 9.71. The largest absolute Gasteiger partial charge is 0.497 e. The van der Waals surface area contributed by atoms with Gasteiger partial charge in [-0.15, -0.1) is 0 Å². The molecule has 0 aliphatic carbocycles. The Hall–Kier alpha value is -1.21. The van der Waals surface area contributed by atoms with Crippen LogP contribution >= 0.6 is 15.9 Å². The van der Waals surface area contributed by atoms with Crippen LogP contribution in [0.1, 0.15) is 24.8 Å². The second-order valence-electron chi connectivity index (χ2n) is 3.61. The minimum atomic E-state index is 0.555. The van der Waals surface area contributed by atoms with Gasteiger partial charge in [0, 0.05) is 11.4 Å². The summed E-state index contributed by atoms with van der Waals surface area (Å²) in [4.78, 5) is 0. The summed E-state index contributed by atoms with van der Waals surface area (Å²) < 4.78 is 10.7. The van der Waals surface area contributed by atoms with Crippen molar-refractivity contribution in [2.45, 2.75) is 19.3 Å². The molecule has 0 spiro atoms. The van der Waals surface area contributed by atoms with Crippen LogP contribution in [0.3, 0.4) is 0 Å². The van der Waals surface area contributed by atoms with Crippen molar-refractivity contribution in [1.82, 2.24) is 0 Å². The number of methoxy groups -OCH3 is 1. The summed E-state index contributed by atoms with van der Waals surface area (Å²) in [6.45, 7) is 0.672. The smallest absolute Gasteiger partial charge is 0.124 e. The van der Waals surface area contributed by atoms with Crippen LogP contribution in [0.15, 0.2) is 18.2 Å². The molecule has 1 aromatic rings. The maximum Gasteiger partial charge on any atom is 0.124 e. The number of benzene rings is 1. The lowest BCUT2D eigenvalue weighted by molar-refractivity contribution is 0.304. The predicted octanol–water partition coefficient (Wildman–Crippen LogP) is 3.51. The van der Waals surface area contributed by atoms with Crippen LogP contribution in [-0.2, 0) is 0 Å². The van der Waals surface area contributed by atoms with E-state index < -0.39 is 0 Å². The highest BCUT2D eigenvalue weighted by Gasteiger charge is 2.01. The number of nitriles is 1. The van der Waals surface area contributed by atoms with E-state index in [4.69, 9.17) is 14.7 Å². The fraction of sp³-hybridized carbons (Fsp3) is 0.462. The number of hydrogen-bond donors (Lipinski definition) is 0. The van der Waals surface area contributed by atoms with Gasteiger partial charge in [0.15, 0.2) is 0 Å². The standard InChI is InChI=1S/C13H16BrNO2/c1-16-12-7-11(10-15)8-13(9-12)17-6-4-2-3-5-14/h7-9H,2-6H2,1H3. The van der Waals surface area contributed by atoms with Gasteiger partial charge >= 0.3 is 0 Å². The van der Waals surface area contributed by atoms with Crippen molar-refractivity contribution < 1.29 is 9.47 Å². The molecule has 0 N–H and O–H groups in total. The van der Waals surface area contributed by atoms with E-state index in [1.54, 1.807) is 25.3 Å². The molecule has 0 aromatic heterocycles. The van der Waals surface area contributed by atoms with Crippen molar-refractivity contribution in [1.29, 1.82) is 5.26 Å². The monoisotopic (exact) mass is 297 g/mol. The zero-order valence-electron chi connectivity index (χ0n) is 9.91. The lowest BCUT2D eigenvalue weighted by atomic mass is 10.2. The fourth-order valence-electron chi connectivity index (χ4n) is 1.40. The SMILES string of the molecule is COc1cc(C#N)cc(OCCCCCBr)c1. The van der Waals surface area contributed by atoms with Crippen molar-refractivity contribution in [3.8, 4) is 17.6 Å². The van der Waals surface area contributed by atoms with Gasteiger partial charge in [-0.25, -0.2) is 0 Å². The van der Waals surface area contributed by atoms with E-state index in [0.717, 1.165) is 24.6 Å². The highest BCUT2D eigenvalue weighted by atomic mass is 79.9. The highest BCUT2D eigenvalue weighted by molar-refractivity contribution is 9.09. The molecule has 0 aliphatic heterocycles. The second-order valence-corrected chi connectivity index (χ2v) is 4.40. The van der Waals surface area contributed by atoms with Gasteiger partial charge in [0.25, 0.3) is 0 Å². The molecule has 0 heterocycles. The Morgan fingerprint density at radius 2 is 1.94 bits per heavy atom. The third-order valence-corrected chi connectivity index (χ3v) is 2.85. The van der Waals surface area contributed by atoms with E-state index in [9.17, 15) is 0 Å². The van der Waals surface area contributed by atoms with Crippen LogP contribution in [0, 0.1) is 11.3 Å². The highest BCUT2D eigenvalue weighted by Crippen LogP contribution is 2.22. The van der Waals surface area contributed by atoms with E-state index in [2.05, 4.69) is 22.0 Å². The Morgan fingerprint density at radius 1 is 1.18 bits per heavy atom. The Kier molecular flexibility index (Phi) is 6.49. The maximum absolute atomic E-state index is 8.86. The average molecular weight is 298 g/mol. The van der Waals surface area contributed by atoms with Crippen LogP contribution in [0.5, 0.6) is 11.5 Å². The van der Waals surface area contributed by atoms with Gasteiger partial charge in [0.05, 0.1) is 25.3 Å². The maximum atomic E-state index is 8.86. The molecule has 0 saturated carbocycles. The Labute approximate surface area is 110 Å². The van der Waals surface area contributed by atoms with Crippen molar-refractivity contribution in [2.75, 3.05) is 19.0 Å². The van der Waals surface area contributed by atoms with E-state index in [1.165, 1.54) is 0 Å². The number of ether oxygens (including phenoxy) is 2. The van der Waals surface area contributed by atoms with Crippen molar-refractivity contribution in [3.63, 3.8) is 0 Å². The Morgan fingerprint density at radius 3 is 2.59 bits per heavy atom. The quantitative estimate of drug-likeness (QED) is 0.571. The van der Waals surface area contributed by atoms with Crippen LogP contribution in [0.4, 0.5) is 0 Å². The third-order valence-electron chi connectivity index (χ3n) is 2.29.